The quantitative estimate of drug-likeness (QED) is 0.662. The molecule has 12 heteroatoms. The van der Waals surface area contributed by atoms with Gasteiger partial charge < -0.3 is 9.84 Å². The summed E-state index contributed by atoms with van der Waals surface area (Å²) in [5.41, 5.74) is 0. The van der Waals surface area contributed by atoms with Crippen LogP contribution in [0.2, 0.25) is 0 Å². The highest BCUT2D eigenvalue weighted by atomic mass is 32.2. The zero-order chi connectivity index (χ0) is 22.1. The van der Waals surface area contributed by atoms with Crippen molar-refractivity contribution in [2.75, 3.05) is 26.2 Å². The fraction of sp³-hybridized carbons (Fsp3) is 0.722. The van der Waals surface area contributed by atoms with Crippen LogP contribution in [0.3, 0.4) is 0 Å². The van der Waals surface area contributed by atoms with E-state index in [1.807, 2.05) is 11.3 Å². The highest BCUT2D eigenvalue weighted by Gasteiger charge is 2.44. The molecule has 0 unspecified atom stereocenters. The maximum Gasteiger partial charge on any atom is 0.490 e. The Labute approximate surface area is 177 Å². The summed E-state index contributed by atoms with van der Waals surface area (Å²) in [7, 11) is -3.08. The molecule has 0 radical (unpaired) electrons. The molecule has 1 aromatic rings. The zero-order valence-corrected chi connectivity index (χ0v) is 18.0. The van der Waals surface area contributed by atoms with Crippen LogP contribution in [0.5, 0.6) is 0 Å². The fourth-order valence-electron chi connectivity index (χ4n) is 3.73. The number of fused-ring (bicyclic) bond motifs is 1. The molecule has 0 spiro atoms. The van der Waals surface area contributed by atoms with Crippen LogP contribution in [0, 0.1) is 18.8 Å². The van der Waals surface area contributed by atoms with Crippen molar-refractivity contribution in [1.29, 1.82) is 0 Å². The van der Waals surface area contributed by atoms with Gasteiger partial charge in [0.05, 0.1) is 18.0 Å². The average molecular weight is 471 g/mol. The molecule has 3 atom stereocenters. The van der Waals surface area contributed by atoms with Gasteiger partial charge in [-0.25, -0.2) is 17.9 Å². The summed E-state index contributed by atoms with van der Waals surface area (Å²) in [5, 5.41) is 6.99. The average Bonchev–Trinajstić information content (AvgIpc) is 3.18. The van der Waals surface area contributed by atoms with Gasteiger partial charge in [-0.3, -0.25) is 4.90 Å². The molecule has 2 N–H and O–H groups in total. The number of carboxylic acids is 1. The number of likely N-dealkylation sites (tertiary alicyclic amines) is 1. The Bertz CT molecular complexity index is 854. The minimum Gasteiger partial charge on any atom is -0.475 e. The van der Waals surface area contributed by atoms with Gasteiger partial charge in [-0.05, 0) is 31.9 Å². The largest absolute Gasteiger partial charge is 0.490 e. The smallest absolute Gasteiger partial charge is 0.475 e. The third-order valence-electron chi connectivity index (χ3n) is 5.44. The number of rotatable bonds is 6. The van der Waals surface area contributed by atoms with Crippen molar-refractivity contribution in [2.24, 2.45) is 11.8 Å². The monoisotopic (exact) mass is 470 g/mol. The van der Waals surface area contributed by atoms with Gasteiger partial charge in [0.15, 0.2) is 0 Å². The molecule has 3 heterocycles. The number of aliphatic carboxylic acids is 1. The number of sulfonamides is 1. The van der Waals surface area contributed by atoms with E-state index < -0.39 is 22.2 Å². The molecule has 2 saturated heterocycles. The van der Waals surface area contributed by atoms with Crippen LogP contribution in [0.1, 0.15) is 22.6 Å². The van der Waals surface area contributed by atoms with Crippen molar-refractivity contribution in [3.05, 3.63) is 21.9 Å². The third-order valence-corrected chi connectivity index (χ3v) is 8.35. The molecule has 30 heavy (non-hydrogen) atoms. The van der Waals surface area contributed by atoms with E-state index in [2.05, 4.69) is 28.7 Å². The van der Waals surface area contributed by atoms with Crippen LogP contribution in [0.4, 0.5) is 13.2 Å². The molecule has 2 aliphatic heterocycles. The zero-order valence-electron chi connectivity index (χ0n) is 16.4. The number of nitrogens with one attached hydrogen (secondary N) is 1. The number of carbonyl (C=O) groups is 1. The predicted octanol–water partition coefficient (Wildman–Crippen LogP) is 2.22. The molecule has 0 aromatic carbocycles. The molecule has 3 aliphatic rings. The van der Waals surface area contributed by atoms with Crippen LogP contribution >= 0.6 is 11.3 Å². The second kappa shape index (κ2) is 9.11. The molecule has 0 bridgehead atoms. The van der Waals surface area contributed by atoms with Crippen molar-refractivity contribution < 1.29 is 36.2 Å². The second-order valence-corrected chi connectivity index (χ2v) is 11.3. The van der Waals surface area contributed by atoms with Crippen molar-refractivity contribution in [3.8, 4) is 0 Å². The predicted molar refractivity (Wildman–Crippen MR) is 105 cm³/mol. The Morgan fingerprint density at radius 1 is 1.33 bits per heavy atom. The lowest BCUT2D eigenvalue weighted by Gasteiger charge is -2.19. The molecular formula is C18H25F3N2O5S2. The van der Waals surface area contributed by atoms with Crippen LogP contribution in [0.15, 0.2) is 12.1 Å². The van der Waals surface area contributed by atoms with E-state index in [0.29, 0.717) is 25.0 Å². The summed E-state index contributed by atoms with van der Waals surface area (Å²) in [6, 6.07) is 4.37. The number of hydrogen-bond acceptors (Lipinski definition) is 6. The number of thiophene rings is 1. The summed E-state index contributed by atoms with van der Waals surface area (Å²) < 4.78 is 64.5. The van der Waals surface area contributed by atoms with E-state index in [-0.39, 0.29) is 11.4 Å². The Morgan fingerprint density at radius 3 is 2.53 bits per heavy atom. The van der Waals surface area contributed by atoms with Gasteiger partial charge in [-0.15, -0.1) is 11.3 Å². The molecule has 1 aromatic heterocycles. The Morgan fingerprint density at radius 2 is 2.00 bits per heavy atom. The molecular weight excluding hydrogens is 445 g/mol. The van der Waals surface area contributed by atoms with Gasteiger partial charge in [0.2, 0.25) is 10.0 Å². The number of alkyl halides is 3. The van der Waals surface area contributed by atoms with Crippen LogP contribution in [-0.2, 0) is 26.1 Å². The summed E-state index contributed by atoms with van der Waals surface area (Å²) >= 11 is 1.85. The van der Waals surface area contributed by atoms with Gasteiger partial charge >= 0.3 is 12.1 Å². The molecule has 0 amide bonds. The summed E-state index contributed by atoms with van der Waals surface area (Å²) in [6.07, 6.45) is -3.18. The van der Waals surface area contributed by atoms with E-state index in [1.165, 1.54) is 9.75 Å². The molecule has 170 valence electrons. The summed E-state index contributed by atoms with van der Waals surface area (Å²) in [6.45, 7) is 6.32. The van der Waals surface area contributed by atoms with Gasteiger partial charge in [-0.1, -0.05) is 0 Å². The molecule has 1 aliphatic carbocycles. The van der Waals surface area contributed by atoms with Crippen LogP contribution in [-0.4, -0.2) is 68.2 Å². The summed E-state index contributed by atoms with van der Waals surface area (Å²) in [5.74, 6) is -1.99. The highest BCUT2D eigenvalue weighted by molar-refractivity contribution is 7.90. The highest BCUT2D eigenvalue weighted by Crippen LogP contribution is 2.35. The fourth-order valence-corrected chi connectivity index (χ4v) is 6.10. The molecule has 4 rings (SSSR count). The van der Waals surface area contributed by atoms with Crippen molar-refractivity contribution >= 4 is 27.3 Å². The minimum absolute atomic E-state index is 0.136. The number of hydrogen-bond donors (Lipinski definition) is 2. The molecule has 3 fully saturated rings. The second-order valence-electron chi connectivity index (χ2n) is 7.90. The maximum absolute atomic E-state index is 12.0. The van der Waals surface area contributed by atoms with Gasteiger partial charge in [0, 0.05) is 47.8 Å². The van der Waals surface area contributed by atoms with E-state index in [4.69, 9.17) is 14.6 Å². The Kier molecular flexibility index (Phi) is 7.12. The van der Waals surface area contributed by atoms with E-state index >= 15 is 0 Å². The number of carboxylic acid groups (broad SMARTS) is 1. The lowest BCUT2D eigenvalue weighted by atomic mass is 9.93. The van der Waals surface area contributed by atoms with E-state index in [9.17, 15) is 21.6 Å². The Balaban J connectivity index is 0.000000318. The van der Waals surface area contributed by atoms with E-state index in [0.717, 1.165) is 32.5 Å². The van der Waals surface area contributed by atoms with Crippen LogP contribution < -0.4 is 4.72 Å². The standard InChI is InChI=1S/C16H24N2O3S2.C2HF3O2/c1-11-2-3-13(22-11)7-18-8-15-12(10-21-16(15)9-18)6-17-23(19,20)14-4-5-14;3-2(4,5)1(6)7/h2-3,12,14-17H,4-10H2,1H3;(H,6,7)/t12-,15-,16-;/m1./s1. The maximum atomic E-state index is 12.0. The lowest BCUT2D eigenvalue weighted by molar-refractivity contribution is -0.192. The van der Waals surface area contributed by atoms with Crippen molar-refractivity contribution in [2.45, 2.75) is 43.8 Å². The SMILES string of the molecule is Cc1ccc(CN2C[C@@H]3[C@H](CNS(=O)(=O)C4CC4)CO[C@@H]3C2)s1.O=C(O)C(F)(F)F. The Hall–Kier alpha value is -1.21. The number of ether oxygens (including phenoxy) is 1. The number of aryl methyl sites for hydroxylation is 1. The first kappa shape index (κ1) is 23.5. The van der Waals surface area contributed by atoms with Gasteiger partial charge in [0.25, 0.3) is 0 Å². The molecule has 7 nitrogen and oxygen atoms in total. The minimum atomic E-state index is -5.08. The topological polar surface area (TPSA) is 95.9 Å². The number of halogens is 3. The van der Waals surface area contributed by atoms with Gasteiger partial charge in [-0.2, -0.15) is 13.2 Å². The van der Waals surface area contributed by atoms with Gasteiger partial charge in [0.1, 0.15) is 0 Å². The first-order valence-corrected chi connectivity index (χ1v) is 12.0. The normalized spacial score (nSPS) is 26.9. The third kappa shape index (κ3) is 6.16. The molecule has 1 saturated carbocycles. The van der Waals surface area contributed by atoms with E-state index in [1.54, 1.807) is 0 Å². The summed E-state index contributed by atoms with van der Waals surface area (Å²) in [4.78, 5) is 14.1. The van der Waals surface area contributed by atoms with Crippen molar-refractivity contribution in [1.82, 2.24) is 9.62 Å². The van der Waals surface area contributed by atoms with Crippen LogP contribution in [0.25, 0.3) is 0 Å². The number of nitrogens with zero attached hydrogens (tertiary/aromatic N) is 1. The lowest BCUT2D eigenvalue weighted by Crippen LogP contribution is -2.35. The van der Waals surface area contributed by atoms with Crippen molar-refractivity contribution in [3.63, 3.8) is 0 Å². The first-order chi connectivity index (χ1) is 14.0. The first-order valence-electron chi connectivity index (χ1n) is 9.63.